The van der Waals surface area contributed by atoms with Gasteiger partial charge in [-0.2, -0.15) is 0 Å². The first-order valence-corrected chi connectivity index (χ1v) is 23.7. The number of likely N-dealkylation sites (tertiary alicyclic amines) is 2. The van der Waals surface area contributed by atoms with E-state index >= 15 is 0 Å². The Hall–Kier alpha value is -5.01. The first kappa shape index (κ1) is 48.4. The normalized spacial score (nSPS) is 17.1. The summed E-state index contributed by atoms with van der Waals surface area (Å²) >= 11 is 0. The molecule has 2 aromatic carbocycles. The van der Waals surface area contributed by atoms with Crippen LogP contribution in [0.3, 0.4) is 0 Å². The van der Waals surface area contributed by atoms with Crippen LogP contribution in [0.4, 0.5) is 4.79 Å². The predicted molar refractivity (Wildman–Crippen MR) is 257 cm³/mol. The number of carbonyl (C=O) groups is 3. The number of ether oxygens (including phenoxy) is 1. The third-order valence-electron chi connectivity index (χ3n) is 13.2. The van der Waals surface area contributed by atoms with Crippen molar-refractivity contribution in [3.05, 3.63) is 91.5 Å². The number of hydrogen-bond donors (Lipinski definition) is 3. The zero-order chi connectivity index (χ0) is 46.3. The molecule has 0 unspecified atom stereocenters. The van der Waals surface area contributed by atoms with Crippen LogP contribution >= 0.6 is 0 Å². The Morgan fingerprint density at radius 3 is 1.55 bits per heavy atom. The predicted octanol–water partition coefficient (Wildman–Crippen LogP) is 7.60. The molecule has 3 aliphatic heterocycles. The van der Waals surface area contributed by atoms with Crippen LogP contribution in [0.15, 0.2) is 58.1 Å². The Kier molecular flexibility index (Phi) is 16.1. The molecule has 0 saturated carbocycles. The van der Waals surface area contributed by atoms with Crippen LogP contribution in [-0.4, -0.2) is 101 Å². The van der Waals surface area contributed by atoms with Gasteiger partial charge in [0.15, 0.2) is 0 Å². The molecule has 13 heteroatoms. The largest absolute Gasteiger partial charge is 0.444 e. The number of benzene rings is 2. The van der Waals surface area contributed by atoms with Crippen LogP contribution in [0, 0.1) is 31.6 Å². The number of aryl methyl sites for hydroxylation is 2. The number of amides is 3. The average molecular weight is 880 g/mol. The van der Waals surface area contributed by atoms with Crippen LogP contribution in [0.25, 0.3) is 21.8 Å². The summed E-state index contributed by atoms with van der Waals surface area (Å²) < 4.78 is 8.97. The van der Waals surface area contributed by atoms with Crippen molar-refractivity contribution in [1.82, 2.24) is 34.9 Å². The molecule has 348 valence electrons. The van der Waals surface area contributed by atoms with Gasteiger partial charge in [-0.15, -0.1) is 0 Å². The van der Waals surface area contributed by atoms with E-state index in [0.29, 0.717) is 30.8 Å². The van der Waals surface area contributed by atoms with Crippen LogP contribution in [0.5, 0.6) is 0 Å². The van der Waals surface area contributed by atoms with Crippen LogP contribution in [0.2, 0.25) is 0 Å². The summed E-state index contributed by atoms with van der Waals surface area (Å²) in [6.45, 7) is 25.4. The first-order chi connectivity index (χ1) is 30.4. The monoisotopic (exact) mass is 880 g/mol. The summed E-state index contributed by atoms with van der Waals surface area (Å²) in [5.41, 5.74) is 3.44. The minimum Gasteiger partial charge on any atom is -0.444 e. The van der Waals surface area contributed by atoms with Crippen molar-refractivity contribution in [2.24, 2.45) is 17.8 Å². The number of hydrogen-bond acceptors (Lipinski definition) is 8. The van der Waals surface area contributed by atoms with E-state index in [-0.39, 0.29) is 52.2 Å². The lowest BCUT2D eigenvalue weighted by Gasteiger charge is -2.38. The van der Waals surface area contributed by atoms with Gasteiger partial charge in [0.1, 0.15) is 16.7 Å². The zero-order valence-corrected chi connectivity index (χ0v) is 39.9. The zero-order valence-electron chi connectivity index (χ0n) is 39.9. The molecule has 64 heavy (non-hydrogen) atoms. The summed E-state index contributed by atoms with van der Waals surface area (Å²) in [6.07, 6.45) is 6.00. The minimum absolute atomic E-state index is 0.00558. The summed E-state index contributed by atoms with van der Waals surface area (Å²) in [6, 6.07) is 15.3. The number of rotatable bonds is 10. The molecule has 0 aliphatic carbocycles. The van der Waals surface area contributed by atoms with Gasteiger partial charge in [0.05, 0.1) is 11.0 Å². The minimum atomic E-state index is -0.459. The van der Waals surface area contributed by atoms with Crippen molar-refractivity contribution in [2.45, 2.75) is 119 Å². The lowest BCUT2D eigenvalue weighted by molar-refractivity contribution is 0.0164. The topological polar surface area (TPSA) is 147 Å². The molecule has 3 aliphatic rings. The number of piperidine rings is 3. The smallest absolute Gasteiger partial charge is 0.410 e. The highest BCUT2D eigenvalue weighted by Crippen LogP contribution is 2.26. The van der Waals surface area contributed by atoms with Crippen LogP contribution < -0.4 is 27.1 Å². The van der Waals surface area contributed by atoms with Crippen LogP contribution in [0.1, 0.15) is 131 Å². The second-order valence-corrected chi connectivity index (χ2v) is 19.9. The molecule has 5 heterocycles. The second kappa shape index (κ2) is 21.3. The SMILES string of the molecule is Cc1cccc2c1cc(C(=O)NCC1CCN(CC3CCN(C(=O)OC(C)(C)C)CC3)CC1)c(=O)n2C(C)C.Cc1cccc2c1cc(C(=O)NCC1CCNCC1)c(=O)n2C(C)C. The molecule has 0 radical (unpaired) electrons. The van der Waals surface area contributed by atoms with E-state index < -0.39 is 5.60 Å². The van der Waals surface area contributed by atoms with Gasteiger partial charge in [-0.3, -0.25) is 19.2 Å². The molecular weight excluding hydrogens is 807 g/mol. The fraction of sp³-hybridized carbons (Fsp3) is 0.588. The van der Waals surface area contributed by atoms with E-state index in [1.54, 1.807) is 21.3 Å². The van der Waals surface area contributed by atoms with Crippen molar-refractivity contribution in [3.8, 4) is 0 Å². The van der Waals surface area contributed by atoms with Crippen molar-refractivity contribution < 1.29 is 19.1 Å². The van der Waals surface area contributed by atoms with Gasteiger partial charge in [0, 0.05) is 55.6 Å². The number of nitrogens with one attached hydrogen (secondary N) is 3. The maximum absolute atomic E-state index is 13.2. The first-order valence-electron chi connectivity index (χ1n) is 23.7. The van der Waals surface area contributed by atoms with Gasteiger partial charge in [0.25, 0.3) is 22.9 Å². The number of fused-ring (bicyclic) bond motifs is 2. The number of carbonyl (C=O) groups excluding carboxylic acids is 3. The van der Waals surface area contributed by atoms with E-state index in [1.165, 1.54) is 0 Å². The molecule has 3 N–H and O–H groups in total. The van der Waals surface area contributed by atoms with Gasteiger partial charge in [-0.25, -0.2) is 4.79 Å². The Bertz CT molecular complexity index is 2390. The summed E-state index contributed by atoms with van der Waals surface area (Å²) in [5, 5.41) is 11.3. The van der Waals surface area contributed by atoms with Gasteiger partial charge in [-0.1, -0.05) is 24.3 Å². The Morgan fingerprint density at radius 2 is 1.11 bits per heavy atom. The van der Waals surface area contributed by atoms with Gasteiger partial charge in [0.2, 0.25) is 0 Å². The molecule has 0 spiro atoms. The maximum atomic E-state index is 13.2. The van der Waals surface area contributed by atoms with Crippen molar-refractivity contribution >= 4 is 39.7 Å². The molecule has 7 rings (SSSR count). The van der Waals surface area contributed by atoms with E-state index in [1.807, 2.05) is 104 Å². The standard InChI is InChI=1S/C31H46N4O4.C20H27N3O2/c1-21(2)35-27-9-7-8-22(3)25(27)18-26(29(35)37)28(36)32-19-23-10-14-33(15-11-23)20-24-12-16-34(17-13-24)30(38)39-31(4,5)6;1-13(2)23-18-6-4-5-14(3)16(18)11-17(20(23)25)19(24)22-12-15-7-9-21-10-8-15/h7-9,18,21,23-24H,10-17,19-20H2,1-6H3,(H,32,36);4-6,11,13,15,21H,7-10,12H2,1-3H3,(H,22,24). The summed E-state index contributed by atoms with van der Waals surface area (Å²) in [5.74, 6) is 0.953. The van der Waals surface area contributed by atoms with E-state index in [2.05, 4.69) is 20.9 Å². The van der Waals surface area contributed by atoms with Gasteiger partial charge in [-0.05, 0) is 180 Å². The number of aromatic nitrogens is 2. The van der Waals surface area contributed by atoms with Crippen molar-refractivity contribution in [1.29, 1.82) is 0 Å². The lowest BCUT2D eigenvalue weighted by atomic mass is 9.92. The van der Waals surface area contributed by atoms with Crippen molar-refractivity contribution in [2.75, 3.05) is 58.9 Å². The molecule has 4 aromatic rings. The Labute approximate surface area is 379 Å². The highest BCUT2D eigenvalue weighted by atomic mass is 16.6. The van der Waals surface area contributed by atoms with Gasteiger partial charge < -0.3 is 39.6 Å². The highest BCUT2D eigenvalue weighted by molar-refractivity contribution is 5.99. The molecule has 0 bridgehead atoms. The lowest BCUT2D eigenvalue weighted by Crippen LogP contribution is -2.45. The van der Waals surface area contributed by atoms with Crippen LogP contribution in [-0.2, 0) is 4.74 Å². The molecule has 13 nitrogen and oxygen atoms in total. The maximum Gasteiger partial charge on any atom is 0.410 e. The van der Waals surface area contributed by atoms with E-state index in [0.717, 1.165) is 117 Å². The number of nitrogens with zero attached hydrogens (tertiary/aromatic N) is 4. The third kappa shape index (κ3) is 12.0. The second-order valence-electron chi connectivity index (χ2n) is 19.9. The summed E-state index contributed by atoms with van der Waals surface area (Å²) in [7, 11) is 0. The number of pyridine rings is 2. The Morgan fingerprint density at radius 1 is 0.672 bits per heavy atom. The molecule has 2 aromatic heterocycles. The fourth-order valence-electron chi connectivity index (χ4n) is 9.48. The molecular formula is C51H73N7O6. The molecule has 3 saturated heterocycles. The Balaban J connectivity index is 0.000000234. The van der Waals surface area contributed by atoms with E-state index in [9.17, 15) is 24.0 Å². The average Bonchev–Trinajstić information content (AvgIpc) is 3.25. The summed E-state index contributed by atoms with van der Waals surface area (Å²) in [4.78, 5) is 68.7. The fourth-order valence-corrected chi connectivity index (χ4v) is 9.48. The van der Waals surface area contributed by atoms with E-state index in [4.69, 9.17) is 4.74 Å². The quantitative estimate of drug-likeness (QED) is 0.148. The molecule has 3 fully saturated rings. The molecule has 0 atom stereocenters. The highest BCUT2D eigenvalue weighted by Gasteiger charge is 2.29. The van der Waals surface area contributed by atoms with Gasteiger partial charge >= 0.3 is 6.09 Å². The third-order valence-corrected chi connectivity index (χ3v) is 13.2. The molecule has 3 amide bonds. The van der Waals surface area contributed by atoms with Crippen molar-refractivity contribution in [3.63, 3.8) is 0 Å².